The number of halogens is 1. The highest BCUT2D eigenvalue weighted by Gasteiger charge is 2.13. The molecule has 0 spiro atoms. The molecule has 6 heteroatoms. The van der Waals surface area contributed by atoms with E-state index in [4.69, 9.17) is 16.3 Å². The molecular weight excluding hydrogens is 234 g/mol. The van der Waals surface area contributed by atoms with Crippen molar-refractivity contribution in [3.63, 3.8) is 0 Å². The molecule has 0 bridgehead atoms. The molecule has 0 heterocycles. The Morgan fingerprint density at radius 1 is 1.38 bits per heavy atom. The maximum Gasteiger partial charge on any atom is 0.510 e. The summed E-state index contributed by atoms with van der Waals surface area (Å²) in [6, 6.07) is 0. The van der Waals surface area contributed by atoms with Crippen LogP contribution in [0.2, 0.25) is 0 Å². The summed E-state index contributed by atoms with van der Waals surface area (Å²) < 4.78 is 9.35. The van der Waals surface area contributed by atoms with E-state index in [1.165, 1.54) is 6.92 Å². The van der Waals surface area contributed by atoms with E-state index < -0.39 is 17.8 Å². The Hall–Kier alpha value is -1.23. The number of hydrogen-bond acceptors (Lipinski definition) is 4. The summed E-state index contributed by atoms with van der Waals surface area (Å²) >= 11 is 5.42. The van der Waals surface area contributed by atoms with E-state index in [0.29, 0.717) is 5.57 Å². The topological polar surface area (TPSA) is 64.6 Å². The molecule has 1 N–H and O–H groups in total. The zero-order valence-electron chi connectivity index (χ0n) is 9.58. The minimum atomic E-state index is -0.862. The summed E-state index contributed by atoms with van der Waals surface area (Å²) in [5.74, 6) is -0.283. The van der Waals surface area contributed by atoms with Crippen molar-refractivity contribution in [2.75, 3.05) is 6.54 Å². The highest BCUT2D eigenvalue weighted by Crippen LogP contribution is 2.01. The van der Waals surface area contributed by atoms with Crippen molar-refractivity contribution in [3.8, 4) is 0 Å². The van der Waals surface area contributed by atoms with Crippen LogP contribution in [0.4, 0.5) is 4.79 Å². The molecule has 0 saturated carbocycles. The van der Waals surface area contributed by atoms with Gasteiger partial charge in [-0.15, -0.1) is 0 Å². The zero-order chi connectivity index (χ0) is 12.7. The van der Waals surface area contributed by atoms with Crippen molar-refractivity contribution in [1.82, 2.24) is 5.32 Å². The Labute approximate surface area is 99.7 Å². The fourth-order valence-electron chi connectivity index (χ4n) is 0.754. The molecule has 0 aromatic rings. The van der Waals surface area contributed by atoms with Crippen molar-refractivity contribution in [2.45, 2.75) is 32.4 Å². The number of carbonyl (C=O) groups is 2. The van der Waals surface area contributed by atoms with E-state index >= 15 is 0 Å². The number of ether oxygens (including phenoxy) is 2. The van der Waals surface area contributed by atoms with Gasteiger partial charge in [0.2, 0.25) is 5.91 Å². The van der Waals surface area contributed by atoms with Gasteiger partial charge in [-0.3, -0.25) is 4.79 Å². The summed E-state index contributed by atoms with van der Waals surface area (Å²) in [7, 11) is 0. The monoisotopic (exact) mass is 249 g/mol. The van der Waals surface area contributed by atoms with Gasteiger partial charge in [-0.1, -0.05) is 18.2 Å². The molecule has 0 radical (unpaired) electrons. The molecule has 0 rings (SSSR count). The van der Waals surface area contributed by atoms with Gasteiger partial charge in [0.15, 0.2) is 5.56 Å². The van der Waals surface area contributed by atoms with Gasteiger partial charge in [0.05, 0.1) is 6.54 Å². The average Bonchev–Trinajstić information content (AvgIpc) is 2.12. The smallest absolute Gasteiger partial charge is 0.429 e. The molecule has 0 aliphatic rings. The first-order valence-corrected chi connectivity index (χ1v) is 5.21. The molecule has 0 aromatic heterocycles. The zero-order valence-corrected chi connectivity index (χ0v) is 10.3. The van der Waals surface area contributed by atoms with Crippen LogP contribution in [-0.2, 0) is 14.3 Å². The molecule has 2 unspecified atom stereocenters. The SMILES string of the molecule is C=C(C)C(=O)NCC(C)OC(=O)OC(C)Cl. The molecule has 92 valence electrons. The van der Waals surface area contributed by atoms with Crippen molar-refractivity contribution < 1.29 is 19.1 Å². The van der Waals surface area contributed by atoms with Crippen LogP contribution in [0.25, 0.3) is 0 Å². The van der Waals surface area contributed by atoms with Gasteiger partial charge in [-0.05, 0) is 20.8 Å². The van der Waals surface area contributed by atoms with Gasteiger partial charge in [-0.25, -0.2) is 4.79 Å². The van der Waals surface area contributed by atoms with E-state index in [0.717, 1.165) is 0 Å². The first-order valence-electron chi connectivity index (χ1n) is 4.78. The first-order chi connectivity index (χ1) is 7.32. The molecular formula is C10H16ClNO4. The van der Waals surface area contributed by atoms with Gasteiger partial charge in [0, 0.05) is 5.57 Å². The molecule has 0 aromatic carbocycles. The molecule has 0 aliphatic carbocycles. The van der Waals surface area contributed by atoms with Crippen molar-refractivity contribution in [2.24, 2.45) is 0 Å². The maximum atomic E-state index is 11.1. The summed E-state index contributed by atoms with van der Waals surface area (Å²) in [5.41, 5.74) is -0.353. The van der Waals surface area contributed by atoms with Crippen LogP contribution < -0.4 is 5.32 Å². The van der Waals surface area contributed by atoms with Crippen molar-refractivity contribution in [3.05, 3.63) is 12.2 Å². The first kappa shape index (κ1) is 14.8. The number of rotatable bonds is 5. The lowest BCUT2D eigenvalue weighted by Crippen LogP contribution is -2.33. The molecule has 0 fully saturated rings. The highest BCUT2D eigenvalue weighted by atomic mass is 35.5. The quantitative estimate of drug-likeness (QED) is 0.458. The number of carbonyl (C=O) groups excluding carboxylic acids is 2. The summed E-state index contributed by atoms with van der Waals surface area (Å²) in [4.78, 5) is 22.1. The average molecular weight is 250 g/mol. The van der Waals surface area contributed by atoms with Gasteiger partial charge >= 0.3 is 6.16 Å². The predicted molar refractivity (Wildman–Crippen MR) is 60.2 cm³/mol. The Balaban J connectivity index is 3.82. The molecule has 0 aliphatic heterocycles. The van der Waals surface area contributed by atoms with Gasteiger partial charge < -0.3 is 14.8 Å². The third-order valence-electron chi connectivity index (χ3n) is 1.49. The highest BCUT2D eigenvalue weighted by molar-refractivity contribution is 6.19. The maximum absolute atomic E-state index is 11.1. The van der Waals surface area contributed by atoms with Crippen molar-refractivity contribution >= 4 is 23.7 Å². The standard InChI is InChI=1S/C10H16ClNO4/c1-6(2)9(13)12-5-7(3)15-10(14)16-8(4)11/h7-8H,1,5H2,2-4H3,(H,12,13). The molecule has 5 nitrogen and oxygen atoms in total. The molecule has 0 saturated heterocycles. The number of amides is 1. The molecule has 16 heavy (non-hydrogen) atoms. The van der Waals surface area contributed by atoms with Crippen molar-refractivity contribution in [1.29, 1.82) is 0 Å². The fraction of sp³-hybridized carbons (Fsp3) is 0.600. The van der Waals surface area contributed by atoms with E-state index in [1.54, 1.807) is 13.8 Å². The minimum Gasteiger partial charge on any atom is -0.429 e. The van der Waals surface area contributed by atoms with E-state index in [9.17, 15) is 9.59 Å². The normalized spacial score (nSPS) is 13.5. The Kier molecular flexibility index (Phi) is 6.56. The lowest BCUT2D eigenvalue weighted by molar-refractivity contribution is -0.118. The molecule has 1 amide bonds. The Morgan fingerprint density at radius 3 is 2.38 bits per heavy atom. The van der Waals surface area contributed by atoms with Crippen LogP contribution in [0.3, 0.4) is 0 Å². The van der Waals surface area contributed by atoms with Gasteiger partial charge in [0.25, 0.3) is 0 Å². The number of hydrogen-bond donors (Lipinski definition) is 1. The minimum absolute atomic E-state index is 0.192. The fourth-order valence-corrected chi connectivity index (χ4v) is 0.826. The Morgan fingerprint density at radius 2 is 1.94 bits per heavy atom. The van der Waals surface area contributed by atoms with Crippen LogP contribution in [0.15, 0.2) is 12.2 Å². The van der Waals surface area contributed by atoms with E-state index in [-0.39, 0.29) is 12.5 Å². The molecule has 2 atom stereocenters. The summed E-state index contributed by atoms with van der Waals surface area (Å²) in [6.07, 6.45) is -1.36. The Bertz CT molecular complexity index is 278. The van der Waals surface area contributed by atoms with Gasteiger partial charge in [-0.2, -0.15) is 0 Å². The van der Waals surface area contributed by atoms with E-state index in [2.05, 4.69) is 16.6 Å². The lowest BCUT2D eigenvalue weighted by Gasteiger charge is -2.14. The van der Waals surface area contributed by atoms with Crippen LogP contribution in [0, 0.1) is 0 Å². The summed E-state index contributed by atoms with van der Waals surface area (Å²) in [6.45, 7) is 8.37. The van der Waals surface area contributed by atoms with E-state index in [1.807, 2.05) is 0 Å². The van der Waals surface area contributed by atoms with Crippen LogP contribution in [0.5, 0.6) is 0 Å². The third-order valence-corrected chi connectivity index (χ3v) is 1.58. The van der Waals surface area contributed by atoms with Gasteiger partial charge in [0.1, 0.15) is 6.10 Å². The lowest BCUT2D eigenvalue weighted by atomic mass is 10.3. The van der Waals surface area contributed by atoms with Crippen LogP contribution in [0.1, 0.15) is 20.8 Å². The number of alkyl halides is 1. The third kappa shape index (κ3) is 7.11. The second kappa shape index (κ2) is 7.11. The second-order valence-electron chi connectivity index (χ2n) is 3.33. The largest absolute Gasteiger partial charge is 0.510 e. The predicted octanol–water partition coefficient (Wildman–Crippen LogP) is 1.81. The van der Waals surface area contributed by atoms with Crippen LogP contribution >= 0.6 is 11.6 Å². The number of nitrogens with one attached hydrogen (secondary N) is 1. The second-order valence-corrected chi connectivity index (χ2v) is 3.94. The summed E-state index contributed by atoms with van der Waals surface area (Å²) in [5, 5.41) is 2.54. The van der Waals surface area contributed by atoms with Crippen LogP contribution in [-0.4, -0.2) is 30.3 Å².